The maximum absolute atomic E-state index is 11.4. The van der Waals surface area contributed by atoms with Gasteiger partial charge < -0.3 is 21.7 Å². The number of rotatable bonds is 7. The first-order valence-electron chi connectivity index (χ1n) is 8.01. The Kier molecular flexibility index (Phi) is 8.61. The zero-order valence-corrected chi connectivity index (χ0v) is 14.1. The second-order valence-electron chi connectivity index (χ2n) is 5.16. The van der Waals surface area contributed by atoms with Crippen molar-refractivity contribution in [3.63, 3.8) is 0 Å². The number of hydrogen-bond donors (Lipinski definition) is 4. The highest BCUT2D eigenvalue weighted by atomic mass is 32.2. The van der Waals surface area contributed by atoms with Crippen LogP contribution >= 0.6 is 11.8 Å². The van der Waals surface area contributed by atoms with E-state index in [2.05, 4.69) is 22.5 Å². The first kappa shape index (κ1) is 18.2. The van der Waals surface area contributed by atoms with Crippen LogP contribution in [-0.2, 0) is 4.79 Å². The Morgan fingerprint density at radius 2 is 2.19 bits per heavy atom. The maximum Gasteiger partial charge on any atom is 0.220 e. The second kappa shape index (κ2) is 9.95. The van der Waals surface area contributed by atoms with Gasteiger partial charge in [-0.2, -0.15) is 11.8 Å². The molecule has 2 aliphatic rings. The number of carbonyl (C=O) groups is 1. The Morgan fingerprint density at radius 3 is 2.90 bits per heavy atom. The van der Waals surface area contributed by atoms with E-state index in [4.69, 9.17) is 5.73 Å². The molecular formula is C15H30N4OS. The third-order valence-electron chi connectivity index (χ3n) is 3.63. The lowest BCUT2D eigenvalue weighted by molar-refractivity contribution is -0.121. The van der Waals surface area contributed by atoms with E-state index in [0.29, 0.717) is 36.8 Å². The number of unbranched alkanes of at least 4 members (excludes halogenated alkanes) is 1. The third kappa shape index (κ3) is 5.79. The van der Waals surface area contributed by atoms with Crippen LogP contribution in [0, 0.1) is 0 Å². The van der Waals surface area contributed by atoms with Gasteiger partial charge in [0.05, 0.1) is 17.9 Å². The molecule has 0 radical (unpaired) electrons. The molecule has 5 N–H and O–H groups in total. The van der Waals surface area contributed by atoms with Gasteiger partial charge in [-0.05, 0) is 12.8 Å². The molecule has 0 aromatic heterocycles. The predicted octanol–water partition coefficient (Wildman–Crippen LogP) is 1.16. The topological polar surface area (TPSA) is 79.2 Å². The van der Waals surface area contributed by atoms with Gasteiger partial charge in [0.25, 0.3) is 0 Å². The summed E-state index contributed by atoms with van der Waals surface area (Å²) in [7, 11) is 0. The summed E-state index contributed by atoms with van der Waals surface area (Å²) in [5.74, 6) is 2.23. The van der Waals surface area contributed by atoms with E-state index >= 15 is 0 Å². The highest BCUT2D eigenvalue weighted by Gasteiger charge is 2.40. The van der Waals surface area contributed by atoms with E-state index in [9.17, 15) is 4.79 Å². The Balaban J connectivity index is 0.00000106. The monoisotopic (exact) mass is 314 g/mol. The van der Waals surface area contributed by atoms with Gasteiger partial charge in [0.1, 0.15) is 0 Å². The summed E-state index contributed by atoms with van der Waals surface area (Å²) in [5.41, 5.74) is 5.34. The van der Waals surface area contributed by atoms with Crippen molar-refractivity contribution in [2.24, 2.45) is 5.73 Å². The van der Waals surface area contributed by atoms with Crippen LogP contribution in [0.2, 0.25) is 0 Å². The molecule has 3 atom stereocenters. The van der Waals surface area contributed by atoms with E-state index in [0.717, 1.165) is 30.8 Å². The third-order valence-corrected chi connectivity index (χ3v) is 5.14. The van der Waals surface area contributed by atoms with E-state index in [1.807, 2.05) is 25.6 Å². The number of carbonyl (C=O) groups excluding carboxylic acids is 1. The minimum Gasteiger partial charge on any atom is -0.367 e. The molecule has 0 aromatic carbocycles. The average Bonchev–Trinajstić information content (AvgIpc) is 3.03. The Morgan fingerprint density at radius 1 is 1.43 bits per heavy atom. The molecule has 2 fully saturated rings. The van der Waals surface area contributed by atoms with E-state index < -0.39 is 0 Å². The first-order chi connectivity index (χ1) is 10.2. The lowest BCUT2D eigenvalue weighted by Gasteiger charge is -2.17. The van der Waals surface area contributed by atoms with Crippen LogP contribution in [-0.4, -0.2) is 42.1 Å². The van der Waals surface area contributed by atoms with E-state index in [1.54, 1.807) is 0 Å². The van der Waals surface area contributed by atoms with Gasteiger partial charge in [-0.25, -0.2) is 0 Å². The Labute approximate surface area is 132 Å². The normalized spacial score (nSPS) is 26.2. The number of nitrogens with one attached hydrogen (secondary N) is 3. The SMILES string of the molecule is C=C1NC2CSC(CCCCC(=O)NCCN)C2N1.CC. The molecule has 3 unspecified atom stereocenters. The summed E-state index contributed by atoms with van der Waals surface area (Å²) >= 11 is 2.03. The minimum absolute atomic E-state index is 0.122. The van der Waals surface area contributed by atoms with Crippen molar-refractivity contribution in [3.05, 3.63) is 12.4 Å². The van der Waals surface area contributed by atoms with Crippen molar-refractivity contribution in [3.8, 4) is 0 Å². The summed E-state index contributed by atoms with van der Waals surface area (Å²) in [5, 5.41) is 10.2. The van der Waals surface area contributed by atoms with Crippen molar-refractivity contribution < 1.29 is 4.79 Å². The fraction of sp³-hybridized carbons (Fsp3) is 0.800. The lowest BCUT2D eigenvalue weighted by Crippen LogP contribution is -2.36. The minimum atomic E-state index is 0.122. The average molecular weight is 314 g/mol. The molecular weight excluding hydrogens is 284 g/mol. The molecule has 0 bridgehead atoms. The highest BCUT2D eigenvalue weighted by Crippen LogP contribution is 2.34. The van der Waals surface area contributed by atoms with Gasteiger partial charge in [-0.1, -0.05) is 26.8 Å². The number of thioether (sulfide) groups is 1. The fourth-order valence-corrected chi connectivity index (χ4v) is 4.22. The van der Waals surface area contributed by atoms with Gasteiger partial charge >= 0.3 is 0 Å². The number of fused-ring (bicyclic) bond motifs is 1. The van der Waals surface area contributed by atoms with Gasteiger partial charge in [0, 0.05) is 30.5 Å². The van der Waals surface area contributed by atoms with Crippen molar-refractivity contribution in [1.29, 1.82) is 0 Å². The molecule has 0 aromatic rings. The molecule has 2 aliphatic heterocycles. The maximum atomic E-state index is 11.4. The molecule has 2 saturated heterocycles. The lowest BCUT2D eigenvalue weighted by atomic mass is 10.0. The number of nitrogens with two attached hydrogens (primary N) is 1. The Bertz CT molecular complexity index is 338. The van der Waals surface area contributed by atoms with Crippen LogP contribution in [0.25, 0.3) is 0 Å². The van der Waals surface area contributed by atoms with Crippen LogP contribution in [0.5, 0.6) is 0 Å². The summed E-state index contributed by atoms with van der Waals surface area (Å²) in [6.07, 6.45) is 3.84. The van der Waals surface area contributed by atoms with Crippen LogP contribution in [0.3, 0.4) is 0 Å². The van der Waals surface area contributed by atoms with Gasteiger partial charge in [0.15, 0.2) is 0 Å². The molecule has 5 nitrogen and oxygen atoms in total. The summed E-state index contributed by atoms with van der Waals surface area (Å²) in [6.45, 7) is 9.02. The largest absolute Gasteiger partial charge is 0.367 e. The van der Waals surface area contributed by atoms with Crippen molar-refractivity contribution in [1.82, 2.24) is 16.0 Å². The molecule has 2 rings (SSSR count). The molecule has 6 heteroatoms. The molecule has 21 heavy (non-hydrogen) atoms. The quantitative estimate of drug-likeness (QED) is 0.531. The molecule has 2 heterocycles. The zero-order valence-electron chi connectivity index (χ0n) is 13.3. The van der Waals surface area contributed by atoms with E-state index in [-0.39, 0.29) is 5.91 Å². The van der Waals surface area contributed by atoms with Crippen molar-refractivity contribution in [2.45, 2.75) is 56.9 Å². The predicted molar refractivity (Wildman–Crippen MR) is 91.1 cm³/mol. The van der Waals surface area contributed by atoms with E-state index in [1.165, 1.54) is 0 Å². The first-order valence-corrected chi connectivity index (χ1v) is 9.06. The molecule has 0 saturated carbocycles. The van der Waals surface area contributed by atoms with Crippen LogP contribution in [0.1, 0.15) is 39.5 Å². The summed E-state index contributed by atoms with van der Waals surface area (Å²) < 4.78 is 0. The van der Waals surface area contributed by atoms with Gasteiger partial charge in [-0.15, -0.1) is 0 Å². The fourth-order valence-electron chi connectivity index (χ4n) is 2.68. The van der Waals surface area contributed by atoms with Crippen LogP contribution in [0.4, 0.5) is 0 Å². The van der Waals surface area contributed by atoms with Crippen LogP contribution < -0.4 is 21.7 Å². The Hall–Kier alpha value is -0.880. The van der Waals surface area contributed by atoms with Gasteiger partial charge in [-0.3, -0.25) is 4.79 Å². The van der Waals surface area contributed by atoms with Crippen LogP contribution in [0.15, 0.2) is 12.4 Å². The molecule has 0 spiro atoms. The summed E-state index contributed by atoms with van der Waals surface area (Å²) in [4.78, 5) is 11.4. The number of amides is 1. The molecule has 1 amide bonds. The zero-order chi connectivity index (χ0) is 15.7. The van der Waals surface area contributed by atoms with Crippen molar-refractivity contribution in [2.75, 3.05) is 18.8 Å². The molecule has 0 aliphatic carbocycles. The highest BCUT2D eigenvalue weighted by molar-refractivity contribution is 8.00. The van der Waals surface area contributed by atoms with Crippen molar-refractivity contribution >= 4 is 17.7 Å². The summed E-state index contributed by atoms with van der Waals surface area (Å²) in [6, 6.07) is 1.05. The number of hydrogen-bond acceptors (Lipinski definition) is 5. The molecule has 122 valence electrons. The standard InChI is InChI=1S/C13H24N4OS.C2H6/c1-9-16-10-8-19-11(13(10)17-9)4-2-3-5-12(18)15-7-6-14;1-2/h10-11,13,16-17H,1-8,14H2,(H,15,18);1-2H3. The second-order valence-corrected chi connectivity index (χ2v) is 6.43. The van der Waals surface area contributed by atoms with Gasteiger partial charge in [0.2, 0.25) is 5.91 Å². The smallest absolute Gasteiger partial charge is 0.220 e.